The van der Waals surface area contributed by atoms with E-state index < -0.39 is 6.10 Å². The van der Waals surface area contributed by atoms with Gasteiger partial charge in [-0.15, -0.1) is 0 Å². The lowest BCUT2D eigenvalue weighted by atomic mass is 9.94. The van der Waals surface area contributed by atoms with Gasteiger partial charge >= 0.3 is 0 Å². The molecule has 1 amide bonds. The molecule has 0 aliphatic heterocycles. The van der Waals surface area contributed by atoms with Crippen LogP contribution in [-0.4, -0.2) is 30.0 Å². The maximum atomic E-state index is 12.6. The molecular formula is C20H25NO2. The molecule has 2 aromatic carbocycles. The fourth-order valence-corrected chi connectivity index (χ4v) is 3.43. The molecule has 0 bridgehead atoms. The number of nitrogens with zero attached hydrogens (tertiary/aromatic N) is 1. The van der Waals surface area contributed by atoms with Crippen molar-refractivity contribution in [2.24, 2.45) is 0 Å². The van der Waals surface area contributed by atoms with Gasteiger partial charge in [0.05, 0.1) is 0 Å². The van der Waals surface area contributed by atoms with Crippen molar-refractivity contribution in [1.82, 2.24) is 4.90 Å². The molecule has 3 nitrogen and oxygen atoms in total. The molecule has 0 unspecified atom stereocenters. The van der Waals surface area contributed by atoms with E-state index in [0.29, 0.717) is 6.04 Å². The van der Waals surface area contributed by atoms with Crippen LogP contribution in [-0.2, 0) is 4.79 Å². The zero-order valence-electron chi connectivity index (χ0n) is 14.0. The molecule has 3 heteroatoms. The molecule has 122 valence electrons. The van der Waals surface area contributed by atoms with E-state index in [0.717, 1.165) is 24.0 Å². The van der Waals surface area contributed by atoms with Gasteiger partial charge in [-0.3, -0.25) is 4.79 Å². The Labute approximate surface area is 138 Å². The van der Waals surface area contributed by atoms with Gasteiger partial charge in [-0.2, -0.15) is 0 Å². The summed E-state index contributed by atoms with van der Waals surface area (Å²) in [5.41, 5.74) is 0. The monoisotopic (exact) mass is 311 g/mol. The van der Waals surface area contributed by atoms with Crippen LogP contribution in [0.5, 0.6) is 5.75 Å². The molecule has 1 saturated carbocycles. The van der Waals surface area contributed by atoms with Crippen LogP contribution in [0.15, 0.2) is 42.5 Å². The third-order valence-corrected chi connectivity index (χ3v) is 4.85. The van der Waals surface area contributed by atoms with Crippen molar-refractivity contribution in [3.8, 4) is 5.75 Å². The lowest BCUT2D eigenvalue weighted by Gasteiger charge is -2.32. The lowest BCUT2D eigenvalue weighted by Crippen LogP contribution is -2.44. The molecule has 1 aliphatic carbocycles. The number of rotatable bonds is 4. The highest BCUT2D eigenvalue weighted by atomic mass is 16.5. The van der Waals surface area contributed by atoms with Gasteiger partial charge in [0.2, 0.25) is 0 Å². The third-order valence-electron chi connectivity index (χ3n) is 4.85. The van der Waals surface area contributed by atoms with Crippen molar-refractivity contribution in [2.75, 3.05) is 7.05 Å². The van der Waals surface area contributed by atoms with Crippen molar-refractivity contribution in [1.29, 1.82) is 0 Å². The molecule has 0 heterocycles. The van der Waals surface area contributed by atoms with Gasteiger partial charge in [0.25, 0.3) is 5.91 Å². The zero-order valence-corrected chi connectivity index (χ0v) is 14.0. The van der Waals surface area contributed by atoms with E-state index in [1.807, 2.05) is 49.2 Å². The summed E-state index contributed by atoms with van der Waals surface area (Å²) in [5, 5.41) is 2.31. The molecule has 1 atom stereocenters. The summed E-state index contributed by atoms with van der Waals surface area (Å²) in [4.78, 5) is 14.5. The van der Waals surface area contributed by atoms with Crippen LogP contribution in [0.4, 0.5) is 0 Å². The van der Waals surface area contributed by atoms with Crippen molar-refractivity contribution in [3.63, 3.8) is 0 Å². The number of benzene rings is 2. The van der Waals surface area contributed by atoms with Crippen LogP contribution >= 0.6 is 0 Å². The highest BCUT2D eigenvalue weighted by Crippen LogP contribution is 2.24. The number of hydrogen-bond donors (Lipinski definition) is 0. The normalized spacial score (nSPS) is 17.0. The van der Waals surface area contributed by atoms with Crippen molar-refractivity contribution in [2.45, 2.75) is 51.2 Å². The Balaban J connectivity index is 1.66. The van der Waals surface area contributed by atoms with Gasteiger partial charge in [0.15, 0.2) is 6.10 Å². The van der Waals surface area contributed by atoms with Crippen molar-refractivity contribution >= 4 is 16.7 Å². The van der Waals surface area contributed by atoms with Crippen LogP contribution < -0.4 is 4.74 Å². The fourth-order valence-electron chi connectivity index (χ4n) is 3.43. The average molecular weight is 311 g/mol. The second-order valence-electron chi connectivity index (χ2n) is 6.51. The fraction of sp³-hybridized carbons (Fsp3) is 0.450. The van der Waals surface area contributed by atoms with Gasteiger partial charge in [-0.05, 0) is 42.7 Å². The summed E-state index contributed by atoms with van der Waals surface area (Å²) in [6, 6.07) is 14.5. The molecule has 0 aromatic heterocycles. The molecule has 0 N–H and O–H groups in total. The van der Waals surface area contributed by atoms with Gasteiger partial charge in [0, 0.05) is 13.1 Å². The summed E-state index contributed by atoms with van der Waals surface area (Å²) < 4.78 is 5.90. The van der Waals surface area contributed by atoms with Gasteiger partial charge < -0.3 is 9.64 Å². The first-order valence-electron chi connectivity index (χ1n) is 8.57. The van der Waals surface area contributed by atoms with Crippen LogP contribution in [0, 0.1) is 0 Å². The molecule has 0 saturated heterocycles. The SMILES string of the molecule is C[C@H](Oc1ccc2ccccc2c1)C(=O)N(C)C1CCCCC1. The summed E-state index contributed by atoms with van der Waals surface area (Å²) >= 11 is 0. The van der Waals surface area contributed by atoms with Crippen LogP contribution in [0.25, 0.3) is 10.8 Å². The van der Waals surface area contributed by atoms with Crippen LogP contribution in [0.1, 0.15) is 39.0 Å². The first-order chi connectivity index (χ1) is 11.1. The Morgan fingerprint density at radius 3 is 2.52 bits per heavy atom. The minimum absolute atomic E-state index is 0.0741. The first kappa shape index (κ1) is 15.9. The maximum Gasteiger partial charge on any atom is 0.263 e. The summed E-state index contributed by atoms with van der Waals surface area (Å²) in [6.07, 6.45) is 5.52. The molecule has 0 radical (unpaired) electrons. The maximum absolute atomic E-state index is 12.6. The average Bonchev–Trinajstić information content (AvgIpc) is 2.61. The number of ether oxygens (including phenoxy) is 1. The van der Waals surface area contributed by atoms with Crippen LogP contribution in [0.3, 0.4) is 0 Å². The number of carbonyl (C=O) groups excluding carboxylic acids is 1. The van der Waals surface area contributed by atoms with E-state index >= 15 is 0 Å². The number of fused-ring (bicyclic) bond motifs is 1. The summed E-state index contributed by atoms with van der Waals surface area (Å²) in [7, 11) is 1.92. The first-order valence-corrected chi connectivity index (χ1v) is 8.57. The summed E-state index contributed by atoms with van der Waals surface area (Å²) in [5.74, 6) is 0.826. The predicted octanol–water partition coefficient (Wildman–Crippen LogP) is 4.40. The number of hydrogen-bond acceptors (Lipinski definition) is 2. The van der Waals surface area contributed by atoms with Crippen molar-refractivity contribution in [3.05, 3.63) is 42.5 Å². The molecule has 1 fully saturated rings. The molecule has 2 aromatic rings. The minimum atomic E-state index is -0.455. The molecule has 1 aliphatic rings. The topological polar surface area (TPSA) is 29.5 Å². The largest absolute Gasteiger partial charge is 0.481 e. The molecular weight excluding hydrogens is 286 g/mol. The van der Waals surface area contributed by atoms with Gasteiger partial charge in [-0.25, -0.2) is 0 Å². The summed E-state index contributed by atoms with van der Waals surface area (Å²) in [6.45, 7) is 1.84. The Hall–Kier alpha value is -2.03. The zero-order chi connectivity index (χ0) is 16.2. The van der Waals surface area contributed by atoms with E-state index in [-0.39, 0.29) is 5.91 Å². The Bertz CT molecular complexity index is 676. The Morgan fingerprint density at radius 1 is 1.09 bits per heavy atom. The van der Waals surface area contributed by atoms with Crippen LogP contribution in [0.2, 0.25) is 0 Å². The molecule has 23 heavy (non-hydrogen) atoms. The van der Waals surface area contributed by atoms with E-state index in [4.69, 9.17) is 4.74 Å². The van der Waals surface area contributed by atoms with E-state index in [1.54, 1.807) is 0 Å². The Kier molecular flexibility index (Phi) is 4.85. The van der Waals surface area contributed by atoms with E-state index in [1.165, 1.54) is 24.6 Å². The Morgan fingerprint density at radius 2 is 1.78 bits per heavy atom. The second-order valence-corrected chi connectivity index (χ2v) is 6.51. The number of likely N-dealkylation sites (N-methyl/N-ethyl adjacent to an activating group) is 1. The number of amides is 1. The van der Waals surface area contributed by atoms with E-state index in [9.17, 15) is 4.79 Å². The van der Waals surface area contributed by atoms with E-state index in [2.05, 4.69) is 12.1 Å². The predicted molar refractivity (Wildman–Crippen MR) is 93.7 cm³/mol. The quantitative estimate of drug-likeness (QED) is 0.837. The lowest BCUT2D eigenvalue weighted by molar-refractivity contribution is -0.139. The molecule has 3 rings (SSSR count). The van der Waals surface area contributed by atoms with Gasteiger partial charge in [0.1, 0.15) is 5.75 Å². The third kappa shape index (κ3) is 3.66. The van der Waals surface area contributed by atoms with Crippen molar-refractivity contribution < 1.29 is 9.53 Å². The minimum Gasteiger partial charge on any atom is -0.481 e. The van der Waals surface area contributed by atoms with Gasteiger partial charge in [-0.1, -0.05) is 49.6 Å². The molecule has 0 spiro atoms. The number of carbonyl (C=O) groups is 1. The highest BCUT2D eigenvalue weighted by molar-refractivity contribution is 5.84. The highest BCUT2D eigenvalue weighted by Gasteiger charge is 2.26. The second kappa shape index (κ2) is 7.03. The standard InChI is InChI=1S/C20H25NO2/c1-15(20(22)21(2)18-10-4-3-5-11-18)23-19-13-12-16-8-6-7-9-17(16)14-19/h6-9,12-15,18H,3-5,10-11H2,1-2H3/t15-/m0/s1. The smallest absolute Gasteiger partial charge is 0.263 e.